The molecule has 0 spiro atoms. The van der Waals surface area contributed by atoms with E-state index in [-0.39, 0.29) is 34.1 Å². The second-order valence-corrected chi connectivity index (χ2v) is 12.4. The number of alkyl halides is 2. The zero-order valence-corrected chi connectivity index (χ0v) is 24.9. The Hall–Kier alpha value is -3.63. The molecule has 0 radical (unpaired) electrons. The van der Waals surface area contributed by atoms with Gasteiger partial charge in [0.1, 0.15) is 36.3 Å². The number of rotatable bonds is 11. The number of hydrogen-bond acceptors (Lipinski definition) is 15. The van der Waals surface area contributed by atoms with Crippen LogP contribution in [0.1, 0.15) is 12.5 Å². The SMILES string of the molecule is Nc1nc2c([nH]c[n+]2C2OC(COP(=O)(O)OC3C(CO)OC(n4cnc5c(N)ncnc54)C3F)C(OC[P+](=O)O)C2F)c(=O)[nH]1. The largest absolute Gasteiger partial charge is 0.534 e. The lowest BCUT2D eigenvalue weighted by atomic mass is 10.1. The molecule has 2 saturated heterocycles. The van der Waals surface area contributed by atoms with Gasteiger partial charge in [-0.25, -0.2) is 32.9 Å². The third-order valence-electron chi connectivity index (χ3n) is 7.19. The van der Waals surface area contributed by atoms with E-state index >= 15 is 8.78 Å². The van der Waals surface area contributed by atoms with Crippen molar-refractivity contribution in [1.29, 1.82) is 0 Å². The fourth-order valence-corrected chi connectivity index (χ4v) is 6.44. The van der Waals surface area contributed by atoms with Crippen LogP contribution in [0.5, 0.6) is 0 Å². The van der Waals surface area contributed by atoms with Crippen molar-refractivity contribution in [3.63, 3.8) is 0 Å². The highest BCUT2D eigenvalue weighted by Crippen LogP contribution is 2.50. The van der Waals surface area contributed by atoms with Crippen molar-refractivity contribution in [3.8, 4) is 0 Å². The number of phosphoric acid groups is 1. The van der Waals surface area contributed by atoms with Crippen molar-refractivity contribution in [3.05, 3.63) is 29.3 Å². The van der Waals surface area contributed by atoms with Gasteiger partial charge in [0.25, 0.3) is 17.9 Å². The topological polar surface area (TPSA) is 302 Å². The number of nitrogens with two attached hydrogens (primary N) is 2. The molecular weight excluding hydrogens is 668 g/mol. The number of hydrogen-bond donors (Lipinski definition) is 7. The van der Waals surface area contributed by atoms with Crippen molar-refractivity contribution in [2.45, 2.75) is 49.2 Å². The number of aromatic nitrogens is 8. The Balaban J connectivity index is 1.19. The molecule has 9 N–H and O–H groups in total. The molecule has 0 aromatic carbocycles. The van der Waals surface area contributed by atoms with Gasteiger partial charge in [0.2, 0.25) is 11.7 Å². The molecule has 0 aliphatic carbocycles. The van der Waals surface area contributed by atoms with E-state index < -0.39 is 90.2 Å². The zero-order valence-electron chi connectivity index (χ0n) is 23.1. The Morgan fingerprint density at radius 1 is 1.17 bits per heavy atom. The number of nitrogen functional groups attached to an aromatic ring is 2. The maximum absolute atomic E-state index is 15.7. The average molecular weight is 694 g/mol. The maximum atomic E-state index is 15.7. The predicted octanol–water partition coefficient (Wildman–Crippen LogP) is -1.41. The molecule has 4 aromatic rings. The number of H-pyrrole nitrogens is 2. The van der Waals surface area contributed by atoms with Crippen LogP contribution in [-0.2, 0) is 32.4 Å². The Labute approximate surface area is 254 Å². The van der Waals surface area contributed by atoms with Crippen molar-refractivity contribution < 1.29 is 60.6 Å². The molecule has 10 atom stereocenters. The molecule has 2 aliphatic heterocycles. The van der Waals surface area contributed by atoms with Crippen molar-refractivity contribution in [2.75, 3.05) is 31.0 Å². The summed E-state index contributed by atoms with van der Waals surface area (Å²) in [4.78, 5) is 52.6. The summed E-state index contributed by atoms with van der Waals surface area (Å²) < 4.78 is 84.4. The summed E-state index contributed by atoms with van der Waals surface area (Å²) in [6.45, 7) is -1.74. The number of ether oxygens (including phenoxy) is 3. The smallest absolute Gasteiger partial charge is 0.394 e. The number of halogens is 2. The van der Waals surface area contributed by atoms with E-state index in [2.05, 4.69) is 29.9 Å². The van der Waals surface area contributed by atoms with E-state index in [9.17, 15) is 28.8 Å². The van der Waals surface area contributed by atoms with Gasteiger partial charge in [-0.05, 0) is 4.57 Å². The number of anilines is 2. The molecular formula is C21H26F2N10O11P2+2. The fourth-order valence-electron chi connectivity index (χ4n) is 5.18. The second-order valence-electron chi connectivity index (χ2n) is 10.1. The van der Waals surface area contributed by atoms with Crippen LogP contribution in [0, 0.1) is 0 Å². The van der Waals surface area contributed by atoms with Gasteiger partial charge in [0, 0.05) is 0 Å². The van der Waals surface area contributed by atoms with Crippen LogP contribution in [-0.4, -0.2) is 106 Å². The van der Waals surface area contributed by atoms with Crippen LogP contribution in [0.4, 0.5) is 20.5 Å². The molecule has 10 unspecified atom stereocenters. The Bertz CT molecular complexity index is 1880. The summed E-state index contributed by atoms with van der Waals surface area (Å²) in [5.74, 6) is -0.277. The minimum Gasteiger partial charge on any atom is -0.394 e. The van der Waals surface area contributed by atoms with Crippen LogP contribution < -0.4 is 21.6 Å². The fraction of sp³-hybridized carbons (Fsp3) is 0.524. The Morgan fingerprint density at radius 2 is 1.96 bits per heavy atom. The van der Waals surface area contributed by atoms with E-state index in [4.69, 9.17) is 34.7 Å². The molecule has 21 nitrogen and oxygen atoms in total. The van der Waals surface area contributed by atoms with Crippen LogP contribution in [0.3, 0.4) is 0 Å². The summed E-state index contributed by atoms with van der Waals surface area (Å²) in [6.07, 6.45) is -11.2. The standard InChI is InChI=1S/C21H24F2N10O11P2/c22-9-13(40-6-45(36)37)8(43-19(9)33-5-29-12-17(33)30-21(25)31-18(12)35)2-41-46(38,39)44-14-7(1-34)42-20(10(14)23)32-4-28-11-15(24)26-3-27-16(11)32/h3-5,7-10,13-14,19-20,34H,1-2,6H2,(H6-,24,25,26,27,30,31,35,36,37,38,39)/p+2. The summed E-state index contributed by atoms with van der Waals surface area (Å²) in [6, 6.07) is 0. The van der Waals surface area contributed by atoms with E-state index in [0.29, 0.717) is 0 Å². The number of aliphatic hydroxyl groups is 1. The highest BCUT2D eigenvalue weighted by atomic mass is 31.2. The zero-order chi connectivity index (χ0) is 32.9. The molecule has 25 heteroatoms. The summed E-state index contributed by atoms with van der Waals surface area (Å²) in [5, 5.41) is 9.81. The third-order valence-corrected chi connectivity index (χ3v) is 8.55. The van der Waals surface area contributed by atoms with Crippen LogP contribution in [0.25, 0.3) is 22.3 Å². The number of aliphatic hydroxyl groups excluding tert-OH is 1. The lowest BCUT2D eigenvalue weighted by Crippen LogP contribution is -2.44. The number of nitrogens with one attached hydrogen (secondary N) is 2. The first-order valence-electron chi connectivity index (χ1n) is 13.2. The molecule has 6 rings (SSSR count). The molecule has 6 heterocycles. The normalized spacial score (nSPS) is 29.9. The summed E-state index contributed by atoms with van der Waals surface area (Å²) in [5.41, 5.74) is 10.7. The van der Waals surface area contributed by atoms with Gasteiger partial charge in [-0.2, -0.15) is 4.89 Å². The van der Waals surface area contributed by atoms with Gasteiger partial charge in [-0.15, -0.1) is 0 Å². The molecule has 0 bridgehead atoms. The second kappa shape index (κ2) is 12.5. The molecule has 248 valence electrons. The van der Waals surface area contributed by atoms with E-state index in [1.54, 1.807) is 0 Å². The first-order valence-corrected chi connectivity index (χ1v) is 16.1. The molecule has 0 saturated carbocycles. The number of phosphoric ester groups is 1. The quantitative estimate of drug-likeness (QED) is 0.0700. The van der Waals surface area contributed by atoms with Gasteiger partial charge in [-0.3, -0.25) is 28.4 Å². The van der Waals surface area contributed by atoms with Crippen molar-refractivity contribution >= 4 is 49.9 Å². The Kier molecular flexibility index (Phi) is 8.80. The third kappa shape index (κ3) is 5.97. The molecule has 4 aromatic heterocycles. The molecule has 46 heavy (non-hydrogen) atoms. The van der Waals surface area contributed by atoms with Gasteiger partial charge < -0.3 is 35.7 Å². The predicted molar refractivity (Wildman–Crippen MR) is 146 cm³/mol. The lowest BCUT2D eigenvalue weighted by Gasteiger charge is -2.23. The number of nitrogens with zero attached hydrogens (tertiary/aromatic N) is 6. The number of imidazole rings is 2. The van der Waals surface area contributed by atoms with Gasteiger partial charge in [0.15, 0.2) is 36.4 Å². The highest BCUT2D eigenvalue weighted by Gasteiger charge is 2.53. The monoisotopic (exact) mass is 694 g/mol. The van der Waals surface area contributed by atoms with Crippen LogP contribution in [0.2, 0.25) is 0 Å². The molecule has 2 fully saturated rings. The Morgan fingerprint density at radius 3 is 2.70 bits per heavy atom. The molecule has 2 aliphatic rings. The summed E-state index contributed by atoms with van der Waals surface area (Å²) in [7, 11) is -8.10. The van der Waals surface area contributed by atoms with E-state index in [1.807, 2.05) is 0 Å². The van der Waals surface area contributed by atoms with E-state index in [0.717, 1.165) is 28.1 Å². The highest BCUT2D eigenvalue weighted by molar-refractivity contribution is 7.47. The van der Waals surface area contributed by atoms with Crippen molar-refractivity contribution in [2.24, 2.45) is 0 Å². The minimum absolute atomic E-state index is 0.00842. The first-order chi connectivity index (χ1) is 21.9. The number of fused-ring (bicyclic) bond motifs is 2. The number of aromatic amines is 2. The van der Waals surface area contributed by atoms with Crippen molar-refractivity contribution in [1.82, 2.24) is 34.5 Å². The summed E-state index contributed by atoms with van der Waals surface area (Å²) >= 11 is 0. The van der Waals surface area contributed by atoms with Crippen LogP contribution >= 0.6 is 15.9 Å². The maximum Gasteiger partial charge on any atom is 0.534 e. The van der Waals surface area contributed by atoms with E-state index in [1.165, 1.54) is 0 Å². The first kappa shape index (κ1) is 32.3. The molecule has 0 amide bonds. The lowest BCUT2D eigenvalue weighted by molar-refractivity contribution is -0.743. The van der Waals surface area contributed by atoms with Gasteiger partial charge in [0.05, 0.1) is 19.5 Å². The average Bonchev–Trinajstić information content (AvgIpc) is 3.76. The minimum atomic E-state index is -5.21. The van der Waals surface area contributed by atoms with Gasteiger partial charge in [-0.1, -0.05) is 4.98 Å². The van der Waals surface area contributed by atoms with Gasteiger partial charge >= 0.3 is 21.5 Å². The van der Waals surface area contributed by atoms with Crippen LogP contribution in [0.15, 0.2) is 23.8 Å².